The van der Waals surface area contributed by atoms with Gasteiger partial charge in [-0.1, -0.05) is 0 Å². The van der Waals surface area contributed by atoms with Crippen molar-refractivity contribution in [1.82, 2.24) is 15.7 Å². The fourth-order valence-electron chi connectivity index (χ4n) is 4.56. The number of rotatable bonds is 8. The van der Waals surface area contributed by atoms with Crippen LogP contribution in [0.2, 0.25) is 0 Å². The first-order chi connectivity index (χ1) is 11.9. The van der Waals surface area contributed by atoms with Crippen LogP contribution >= 0.6 is 0 Å². The zero-order valence-corrected chi connectivity index (χ0v) is 19.8. The van der Waals surface area contributed by atoms with Crippen molar-refractivity contribution in [3.8, 4) is 0 Å². The number of nitrogens with zero attached hydrogens (tertiary/aromatic N) is 2. The van der Waals surface area contributed by atoms with Crippen LogP contribution in [0.15, 0.2) is 12.1 Å². The van der Waals surface area contributed by atoms with E-state index in [4.69, 9.17) is 0 Å². The number of aromatic nitrogens is 2. The van der Waals surface area contributed by atoms with E-state index < -0.39 is 20.8 Å². The summed E-state index contributed by atoms with van der Waals surface area (Å²) in [4.78, 5) is 7.21. The normalized spacial score (nSPS) is 12.6. The molecule has 0 aliphatic heterocycles. The first kappa shape index (κ1) is 20.7. The number of aryl methyl sites for hydroxylation is 4. The van der Waals surface area contributed by atoms with Crippen molar-refractivity contribution >= 4 is 6.54 Å². The van der Waals surface area contributed by atoms with Crippen LogP contribution in [0, 0.1) is 27.7 Å². The van der Waals surface area contributed by atoms with Crippen molar-refractivity contribution in [3.63, 3.8) is 0 Å². The molecule has 0 aliphatic carbocycles. The summed E-state index contributed by atoms with van der Waals surface area (Å²) in [5.41, 5.74) is 5.26. The second-order valence-corrected chi connectivity index (χ2v) is 16.1. The molecule has 2 N–H and O–H groups in total. The Kier molecular flexibility index (Phi) is 6.92. The Morgan fingerprint density at radius 1 is 0.680 bits per heavy atom. The molecule has 0 unspecified atom stereocenters. The molecule has 140 valence electrons. The molecule has 0 aromatic carbocycles. The molecule has 25 heavy (non-hydrogen) atoms. The van der Waals surface area contributed by atoms with Crippen LogP contribution in [-0.4, -0.2) is 41.8 Å². The maximum absolute atomic E-state index is 3.60. The van der Waals surface area contributed by atoms with Gasteiger partial charge in [0.2, 0.25) is 0 Å². The van der Waals surface area contributed by atoms with Crippen molar-refractivity contribution in [1.29, 1.82) is 0 Å². The molecule has 0 fully saturated rings. The van der Waals surface area contributed by atoms with Gasteiger partial charge < -0.3 is 0 Å². The molecule has 0 bridgehead atoms. The zero-order valence-electron chi connectivity index (χ0n) is 17.4. The van der Waals surface area contributed by atoms with Gasteiger partial charge in [0.15, 0.2) is 0 Å². The quantitative estimate of drug-likeness (QED) is 0.684. The Labute approximate surface area is 159 Å². The third-order valence-corrected chi connectivity index (χ3v) is 19.3. The Balaban J connectivity index is 2.92. The Morgan fingerprint density at radius 2 is 1.00 bits per heavy atom. The Hall–Kier alpha value is -0.637. The molecule has 0 radical (unpaired) electrons. The van der Waals surface area contributed by atoms with Gasteiger partial charge in [-0.05, 0) is 0 Å². The fraction of sp³-hybridized carbons (Fsp3) is 0.600. The van der Waals surface area contributed by atoms with E-state index >= 15 is 0 Å². The summed E-state index contributed by atoms with van der Waals surface area (Å²) < 4.78 is 8.79. The standard InChI is InChI=1S/2C6H8N.2C4H10N.Zr/c2*1-5-3-4-6(2)7-5;2*1-3-5-4-2;/h2*3,7H,1-2H3;2*3-4H2,1-2H3;/q;;2*-1;+2. The predicted octanol–water partition coefficient (Wildman–Crippen LogP) is 3.19. The van der Waals surface area contributed by atoms with Gasteiger partial charge in [-0.25, -0.2) is 0 Å². The molecule has 2 heterocycles. The van der Waals surface area contributed by atoms with E-state index in [1.54, 1.807) is 6.54 Å². The maximum atomic E-state index is 3.60. The minimum absolute atomic E-state index is 1.09. The van der Waals surface area contributed by atoms with E-state index in [-0.39, 0.29) is 0 Å². The van der Waals surface area contributed by atoms with Gasteiger partial charge in [-0.3, -0.25) is 0 Å². The molecule has 0 spiro atoms. The van der Waals surface area contributed by atoms with Crippen molar-refractivity contribution < 1.29 is 20.8 Å². The summed E-state index contributed by atoms with van der Waals surface area (Å²) in [6.07, 6.45) is 0. The SMILES string of the molecule is CC[N](CC)[Zr]([c]1cc(C)[nH]c1C)([c]1cc(C)[nH]c1C)[N](CC)CC. The second kappa shape index (κ2) is 8.37. The summed E-state index contributed by atoms with van der Waals surface area (Å²) >= 11 is -3.27. The zero-order chi connectivity index (χ0) is 18.8. The summed E-state index contributed by atoms with van der Waals surface area (Å²) in [6.45, 7) is 22.6. The van der Waals surface area contributed by atoms with Gasteiger partial charge >= 0.3 is 160 Å². The summed E-state index contributed by atoms with van der Waals surface area (Å²) in [5.74, 6) is 0. The van der Waals surface area contributed by atoms with Crippen LogP contribution in [-0.2, 0) is 20.8 Å². The van der Waals surface area contributed by atoms with E-state index in [1.165, 1.54) is 22.8 Å². The molecule has 4 nitrogen and oxygen atoms in total. The van der Waals surface area contributed by atoms with Crippen LogP contribution in [0.4, 0.5) is 0 Å². The van der Waals surface area contributed by atoms with Gasteiger partial charge in [-0.2, -0.15) is 0 Å². The molecule has 0 atom stereocenters. The summed E-state index contributed by atoms with van der Waals surface area (Å²) in [6, 6.07) is 4.87. The molecular formula is C20H36N4Zr. The van der Waals surface area contributed by atoms with Gasteiger partial charge in [0.25, 0.3) is 0 Å². The topological polar surface area (TPSA) is 38.1 Å². The van der Waals surface area contributed by atoms with E-state index in [1.807, 2.05) is 0 Å². The fourth-order valence-corrected chi connectivity index (χ4v) is 19.0. The molecule has 5 heteroatoms. The number of nitrogens with one attached hydrogen (secondary N) is 2. The van der Waals surface area contributed by atoms with E-state index in [0.29, 0.717) is 0 Å². The molecule has 0 aliphatic rings. The van der Waals surface area contributed by atoms with Crippen LogP contribution in [0.3, 0.4) is 0 Å². The molecule has 2 aromatic rings. The summed E-state index contributed by atoms with van der Waals surface area (Å²) in [7, 11) is 0. The number of H-pyrrole nitrogens is 2. The molecule has 2 rings (SSSR count). The summed E-state index contributed by atoms with van der Waals surface area (Å²) in [5, 5.41) is 0. The number of hydrogen-bond donors (Lipinski definition) is 2. The van der Waals surface area contributed by atoms with E-state index in [9.17, 15) is 0 Å². The average Bonchev–Trinajstić information content (AvgIpc) is 3.08. The van der Waals surface area contributed by atoms with E-state index in [2.05, 4.69) is 83.2 Å². The first-order valence-electron chi connectivity index (χ1n) is 9.70. The molecular weight excluding hydrogens is 387 g/mol. The van der Waals surface area contributed by atoms with Gasteiger partial charge in [0.05, 0.1) is 0 Å². The van der Waals surface area contributed by atoms with E-state index in [0.717, 1.165) is 26.2 Å². The first-order valence-corrected chi connectivity index (χ1v) is 14.4. The Morgan fingerprint density at radius 3 is 1.20 bits per heavy atom. The van der Waals surface area contributed by atoms with Crippen LogP contribution < -0.4 is 6.54 Å². The van der Waals surface area contributed by atoms with Crippen LogP contribution in [0.5, 0.6) is 0 Å². The van der Waals surface area contributed by atoms with Crippen molar-refractivity contribution in [2.24, 2.45) is 0 Å². The third-order valence-electron chi connectivity index (χ3n) is 5.49. The molecule has 2 aromatic heterocycles. The van der Waals surface area contributed by atoms with Gasteiger partial charge in [-0.15, -0.1) is 0 Å². The van der Waals surface area contributed by atoms with Crippen molar-refractivity contribution in [3.05, 3.63) is 34.9 Å². The van der Waals surface area contributed by atoms with Gasteiger partial charge in [0, 0.05) is 0 Å². The monoisotopic (exact) mass is 422 g/mol. The number of hydrogen-bond acceptors (Lipinski definition) is 2. The van der Waals surface area contributed by atoms with Crippen LogP contribution in [0.1, 0.15) is 50.5 Å². The average molecular weight is 424 g/mol. The van der Waals surface area contributed by atoms with Crippen molar-refractivity contribution in [2.45, 2.75) is 55.4 Å². The van der Waals surface area contributed by atoms with Gasteiger partial charge in [0.1, 0.15) is 0 Å². The molecule has 0 amide bonds. The van der Waals surface area contributed by atoms with Crippen LogP contribution in [0.25, 0.3) is 0 Å². The van der Waals surface area contributed by atoms with Crippen molar-refractivity contribution in [2.75, 3.05) is 26.2 Å². The molecule has 0 saturated carbocycles. The third kappa shape index (κ3) is 3.48. The Bertz CT molecular complexity index is 632. The second-order valence-electron chi connectivity index (χ2n) is 7.00. The predicted molar refractivity (Wildman–Crippen MR) is 106 cm³/mol. The minimum atomic E-state index is -3.27. The number of aromatic amines is 2. The molecule has 0 saturated heterocycles.